The smallest absolute Gasteiger partial charge is 0.161 e. The number of hydrogen-bond acceptors (Lipinski definition) is 3. The number of hydrogen-bond donors (Lipinski definition) is 1. The minimum Gasteiger partial charge on any atom is -0.345 e. The third-order valence-electron chi connectivity index (χ3n) is 2.73. The third-order valence-corrected chi connectivity index (χ3v) is 2.73. The van der Waals surface area contributed by atoms with Crippen LogP contribution < -0.4 is 5.32 Å². The summed E-state index contributed by atoms with van der Waals surface area (Å²) in [5.41, 5.74) is 0. The Morgan fingerprint density at radius 1 is 1.00 bits per heavy atom. The molecule has 0 bridgehead atoms. The molecule has 2 atom stereocenters. The Morgan fingerprint density at radius 2 is 1.64 bits per heavy atom. The lowest BCUT2D eigenvalue weighted by molar-refractivity contribution is -0.0840. The van der Waals surface area contributed by atoms with Crippen molar-refractivity contribution in [3.8, 4) is 0 Å². The van der Waals surface area contributed by atoms with E-state index in [1.807, 2.05) is 0 Å². The van der Waals surface area contributed by atoms with E-state index >= 15 is 0 Å². The summed E-state index contributed by atoms with van der Waals surface area (Å²) in [6.07, 6.45) is 3.45. The van der Waals surface area contributed by atoms with Gasteiger partial charge in [-0.3, -0.25) is 0 Å². The number of rotatable bonds is 1. The van der Waals surface area contributed by atoms with Crippen molar-refractivity contribution >= 4 is 0 Å². The van der Waals surface area contributed by atoms with Gasteiger partial charge in [0.25, 0.3) is 0 Å². The molecule has 0 aromatic heterocycles. The van der Waals surface area contributed by atoms with Crippen LogP contribution in [-0.2, 0) is 9.47 Å². The highest BCUT2D eigenvalue weighted by atomic mass is 16.7. The molecule has 0 radical (unpaired) electrons. The van der Waals surface area contributed by atoms with Crippen LogP contribution in [0.1, 0.15) is 12.8 Å². The van der Waals surface area contributed by atoms with Crippen LogP contribution in [-0.4, -0.2) is 31.6 Å². The highest BCUT2D eigenvalue weighted by molar-refractivity contribution is 4.91. The maximum atomic E-state index is 5.72. The Bertz CT molecular complexity index is 157. The fourth-order valence-corrected chi connectivity index (χ4v) is 1.87. The van der Waals surface area contributed by atoms with Gasteiger partial charge in [-0.05, 0) is 12.8 Å². The summed E-state index contributed by atoms with van der Waals surface area (Å²) in [4.78, 5) is 0. The van der Waals surface area contributed by atoms with E-state index in [4.69, 9.17) is 9.47 Å². The van der Waals surface area contributed by atoms with E-state index in [2.05, 4.69) is 5.32 Å². The monoisotopic (exact) mass is 155 g/mol. The molecular formula is C8H13NO2. The molecule has 3 fully saturated rings. The van der Waals surface area contributed by atoms with Crippen molar-refractivity contribution in [2.75, 3.05) is 13.1 Å². The summed E-state index contributed by atoms with van der Waals surface area (Å²) >= 11 is 0. The quantitative estimate of drug-likeness (QED) is 0.583. The topological polar surface area (TPSA) is 30.5 Å². The van der Waals surface area contributed by atoms with Crippen molar-refractivity contribution in [3.05, 3.63) is 0 Å². The maximum absolute atomic E-state index is 5.72. The van der Waals surface area contributed by atoms with Gasteiger partial charge in [-0.15, -0.1) is 0 Å². The van der Waals surface area contributed by atoms with Gasteiger partial charge in [-0.2, -0.15) is 0 Å². The van der Waals surface area contributed by atoms with Crippen LogP contribution >= 0.6 is 0 Å². The van der Waals surface area contributed by atoms with Gasteiger partial charge in [0, 0.05) is 19.0 Å². The van der Waals surface area contributed by atoms with Crippen LogP contribution in [0.2, 0.25) is 0 Å². The van der Waals surface area contributed by atoms with Crippen LogP contribution in [0.5, 0.6) is 0 Å². The fraction of sp³-hybridized carbons (Fsp3) is 1.00. The van der Waals surface area contributed by atoms with Gasteiger partial charge in [0.1, 0.15) is 12.2 Å². The average Bonchev–Trinajstić information content (AvgIpc) is 2.60. The number of fused-ring (bicyclic) bond motifs is 1. The predicted molar refractivity (Wildman–Crippen MR) is 39.1 cm³/mol. The van der Waals surface area contributed by atoms with Crippen LogP contribution in [0.4, 0.5) is 0 Å². The van der Waals surface area contributed by atoms with E-state index in [-0.39, 0.29) is 6.29 Å². The molecule has 0 amide bonds. The van der Waals surface area contributed by atoms with Gasteiger partial charge >= 0.3 is 0 Å². The minimum atomic E-state index is 0.145. The predicted octanol–water partition coefficient (Wildman–Crippen LogP) is 0.110. The molecule has 2 aliphatic heterocycles. The van der Waals surface area contributed by atoms with Crippen LogP contribution in [0, 0.1) is 5.92 Å². The standard InChI is InChI=1S/C8H13NO2/c1-2-5(1)8-10-6-3-9-4-7(6)11-8/h5-9H,1-4H2. The lowest BCUT2D eigenvalue weighted by atomic mass is 10.3. The van der Waals surface area contributed by atoms with Gasteiger partial charge in [-0.25, -0.2) is 0 Å². The van der Waals surface area contributed by atoms with E-state index in [1.165, 1.54) is 12.8 Å². The first-order valence-electron chi connectivity index (χ1n) is 4.45. The second kappa shape index (κ2) is 2.19. The SMILES string of the molecule is C1CC1C1OC2CNCC2O1. The Morgan fingerprint density at radius 3 is 2.18 bits per heavy atom. The molecule has 3 nitrogen and oxygen atoms in total. The zero-order valence-electron chi connectivity index (χ0n) is 6.45. The highest BCUT2D eigenvalue weighted by Gasteiger charge is 2.45. The van der Waals surface area contributed by atoms with E-state index in [1.54, 1.807) is 0 Å². The Balaban J connectivity index is 1.67. The Kier molecular flexibility index (Phi) is 1.27. The highest BCUT2D eigenvalue weighted by Crippen LogP contribution is 2.39. The molecule has 3 rings (SSSR count). The zero-order chi connectivity index (χ0) is 7.26. The molecule has 0 spiro atoms. The zero-order valence-corrected chi connectivity index (χ0v) is 6.45. The molecule has 1 saturated carbocycles. The number of nitrogens with one attached hydrogen (secondary N) is 1. The summed E-state index contributed by atoms with van der Waals surface area (Å²) in [5, 5.41) is 3.25. The molecule has 2 saturated heterocycles. The molecule has 0 aromatic rings. The fourth-order valence-electron chi connectivity index (χ4n) is 1.87. The molecule has 11 heavy (non-hydrogen) atoms. The summed E-state index contributed by atoms with van der Waals surface area (Å²) in [6, 6.07) is 0. The van der Waals surface area contributed by atoms with Crippen molar-refractivity contribution in [1.29, 1.82) is 0 Å². The second-order valence-electron chi connectivity index (χ2n) is 3.71. The average molecular weight is 155 g/mol. The van der Waals surface area contributed by atoms with Gasteiger partial charge < -0.3 is 14.8 Å². The molecule has 62 valence electrons. The minimum absolute atomic E-state index is 0.145. The van der Waals surface area contributed by atoms with Crippen molar-refractivity contribution in [2.45, 2.75) is 31.3 Å². The van der Waals surface area contributed by atoms with Gasteiger partial charge in [0.2, 0.25) is 0 Å². The Labute approximate surface area is 66.1 Å². The van der Waals surface area contributed by atoms with Crippen LogP contribution in [0.25, 0.3) is 0 Å². The van der Waals surface area contributed by atoms with Gasteiger partial charge in [-0.1, -0.05) is 0 Å². The first-order chi connectivity index (χ1) is 5.43. The molecule has 3 heteroatoms. The van der Waals surface area contributed by atoms with Crippen LogP contribution in [0.15, 0.2) is 0 Å². The van der Waals surface area contributed by atoms with Crippen LogP contribution in [0.3, 0.4) is 0 Å². The third kappa shape index (κ3) is 0.991. The van der Waals surface area contributed by atoms with Crippen molar-refractivity contribution in [2.24, 2.45) is 5.92 Å². The summed E-state index contributed by atoms with van der Waals surface area (Å²) in [5.74, 6) is 0.723. The first kappa shape index (κ1) is 6.40. The summed E-state index contributed by atoms with van der Waals surface area (Å²) in [7, 11) is 0. The summed E-state index contributed by atoms with van der Waals surface area (Å²) < 4.78 is 11.4. The van der Waals surface area contributed by atoms with Gasteiger partial charge in [0.15, 0.2) is 6.29 Å². The van der Waals surface area contributed by atoms with E-state index < -0.39 is 0 Å². The first-order valence-corrected chi connectivity index (χ1v) is 4.45. The Hall–Kier alpha value is -0.120. The molecule has 1 N–H and O–H groups in total. The van der Waals surface area contributed by atoms with Crippen molar-refractivity contribution in [3.63, 3.8) is 0 Å². The largest absolute Gasteiger partial charge is 0.345 e. The van der Waals surface area contributed by atoms with E-state index in [0.29, 0.717) is 12.2 Å². The lowest BCUT2D eigenvalue weighted by Crippen LogP contribution is -2.20. The molecule has 2 heterocycles. The summed E-state index contributed by atoms with van der Waals surface area (Å²) in [6.45, 7) is 1.96. The van der Waals surface area contributed by atoms with E-state index in [9.17, 15) is 0 Å². The number of ether oxygens (including phenoxy) is 2. The molecule has 2 unspecified atom stereocenters. The van der Waals surface area contributed by atoms with Crippen molar-refractivity contribution in [1.82, 2.24) is 5.32 Å². The van der Waals surface area contributed by atoms with E-state index in [0.717, 1.165) is 19.0 Å². The second-order valence-corrected chi connectivity index (χ2v) is 3.71. The maximum Gasteiger partial charge on any atom is 0.161 e. The lowest BCUT2D eigenvalue weighted by Gasteiger charge is -2.09. The normalized spacial score (nSPS) is 49.6. The molecule has 1 aliphatic carbocycles. The molecular weight excluding hydrogens is 142 g/mol. The molecule has 0 aromatic carbocycles. The van der Waals surface area contributed by atoms with Gasteiger partial charge in [0.05, 0.1) is 0 Å². The molecule has 3 aliphatic rings. The van der Waals surface area contributed by atoms with Crippen molar-refractivity contribution < 1.29 is 9.47 Å².